The molecule has 1 aliphatic heterocycles. The summed E-state index contributed by atoms with van der Waals surface area (Å²) in [5.74, 6) is 0.478. The average molecular weight is 380 g/mol. The Balaban J connectivity index is 1.31. The number of carbonyl (C=O) groups excluding carboxylic acids is 1. The Bertz CT molecular complexity index is 799. The van der Waals surface area contributed by atoms with Crippen molar-refractivity contribution in [2.75, 3.05) is 13.1 Å². The van der Waals surface area contributed by atoms with Gasteiger partial charge in [-0.1, -0.05) is 61.4 Å². The number of hydrogen-bond acceptors (Lipinski definition) is 4. The van der Waals surface area contributed by atoms with Crippen molar-refractivity contribution < 1.29 is 14.6 Å². The Morgan fingerprint density at radius 1 is 1.04 bits per heavy atom. The van der Waals surface area contributed by atoms with Crippen LogP contribution < -0.4 is 0 Å². The number of likely N-dealkylation sites (tertiary alicyclic amines) is 1. The van der Waals surface area contributed by atoms with Crippen LogP contribution in [0.25, 0.3) is 0 Å². The van der Waals surface area contributed by atoms with Crippen LogP contribution in [0.15, 0.2) is 48.5 Å². The highest BCUT2D eigenvalue weighted by Crippen LogP contribution is 2.39. The van der Waals surface area contributed by atoms with Gasteiger partial charge in [-0.25, -0.2) is 0 Å². The Morgan fingerprint density at radius 3 is 2.61 bits per heavy atom. The van der Waals surface area contributed by atoms with Gasteiger partial charge in [0.15, 0.2) is 0 Å². The molecule has 2 aliphatic rings. The number of phenols is 1. The number of ether oxygens (including phenoxy) is 1. The maximum atomic E-state index is 12.5. The molecule has 0 radical (unpaired) electrons. The van der Waals surface area contributed by atoms with Gasteiger partial charge in [0.05, 0.1) is 6.42 Å². The fourth-order valence-corrected chi connectivity index (χ4v) is 4.58. The highest BCUT2D eigenvalue weighted by Gasteiger charge is 2.27. The first-order chi connectivity index (χ1) is 13.7. The Hall–Kier alpha value is -2.33. The summed E-state index contributed by atoms with van der Waals surface area (Å²) in [6, 6.07) is 16.2. The molecule has 0 spiro atoms. The molecule has 28 heavy (non-hydrogen) atoms. The van der Waals surface area contributed by atoms with E-state index >= 15 is 0 Å². The van der Waals surface area contributed by atoms with Crippen molar-refractivity contribution in [3.05, 3.63) is 65.2 Å². The molecule has 4 nitrogen and oxygen atoms in total. The summed E-state index contributed by atoms with van der Waals surface area (Å²) in [4.78, 5) is 14.8. The van der Waals surface area contributed by atoms with Crippen LogP contribution in [0.5, 0.6) is 5.75 Å². The fourth-order valence-electron chi connectivity index (χ4n) is 4.58. The summed E-state index contributed by atoms with van der Waals surface area (Å²) in [6.07, 6.45) is 5.64. The van der Waals surface area contributed by atoms with Crippen molar-refractivity contribution in [1.82, 2.24) is 4.90 Å². The number of para-hydroxylation sites is 1. The third kappa shape index (κ3) is 4.56. The van der Waals surface area contributed by atoms with E-state index in [-0.39, 0.29) is 18.5 Å². The maximum Gasteiger partial charge on any atom is 0.310 e. The lowest BCUT2D eigenvalue weighted by molar-refractivity contribution is -0.147. The van der Waals surface area contributed by atoms with Crippen LogP contribution in [-0.2, 0) is 22.5 Å². The minimum Gasteiger partial charge on any atom is -0.507 e. The topological polar surface area (TPSA) is 49.8 Å². The van der Waals surface area contributed by atoms with Gasteiger partial charge >= 0.3 is 5.97 Å². The zero-order chi connectivity index (χ0) is 19.3. The average Bonchev–Trinajstić information content (AvgIpc) is 3.37. The second-order valence-electron chi connectivity index (χ2n) is 8.13. The molecular formula is C24H29NO3. The first-order valence-electron chi connectivity index (χ1n) is 10.5. The molecule has 1 N–H and O–H groups in total. The molecular weight excluding hydrogens is 350 g/mol. The molecule has 1 heterocycles. The minimum atomic E-state index is -0.245. The third-order valence-electron chi connectivity index (χ3n) is 6.06. The number of rotatable bonds is 6. The predicted molar refractivity (Wildman–Crippen MR) is 109 cm³/mol. The van der Waals surface area contributed by atoms with Crippen LogP contribution in [0.4, 0.5) is 0 Å². The molecule has 0 amide bonds. The first kappa shape index (κ1) is 19.0. The summed E-state index contributed by atoms with van der Waals surface area (Å²) >= 11 is 0. The van der Waals surface area contributed by atoms with Gasteiger partial charge in [0.25, 0.3) is 0 Å². The Labute approximate surface area is 167 Å². The van der Waals surface area contributed by atoms with Crippen LogP contribution in [0.2, 0.25) is 0 Å². The van der Waals surface area contributed by atoms with Crippen LogP contribution in [0, 0.1) is 0 Å². The van der Waals surface area contributed by atoms with Gasteiger partial charge in [0.1, 0.15) is 11.9 Å². The molecule has 0 bridgehead atoms. The summed E-state index contributed by atoms with van der Waals surface area (Å²) in [7, 11) is 0. The van der Waals surface area contributed by atoms with Crippen LogP contribution in [0.3, 0.4) is 0 Å². The minimum absolute atomic E-state index is 0.0589. The number of nitrogens with zero attached hydrogens (tertiary/aromatic N) is 1. The monoisotopic (exact) mass is 379 g/mol. The molecule has 1 atom stereocenters. The van der Waals surface area contributed by atoms with Crippen molar-refractivity contribution in [1.29, 1.82) is 0 Å². The van der Waals surface area contributed by atoms with Crippen molar-refractivity contribution in [2.24, 2.45) is 0 Å². The second kappa shape index (κ2) is 8.78. The van der Waals surface area contributed by atoms with Crippen LogP contribution in [0.1, 0.15) is 54.7 Å². The normalized spacial score (nSPS) is 20.5. The molecule has 148 valence electrons. The lowest BCUT2D eigenvalue weighted by Crippen LogP contribution is -2.25. The largest absolute Gasteiger partial charge is 0.507 e. The smallest absolute Gasteiger partial charge is 0.310 e. The summed E-state index contributed by atoms with van der Waals surface area (Å²) in [5.41, 5.74) is 2.97. The molecule has 1 aliphatic carbocycles. The molecule has 2 fully saturated rings. The molecule has 4 heteroatoms. The second-order valence-corrected chi connectivity index (χ2v) is 8.13. The molecule has 1 saturated carbocycles. The lowest BCUT2D eigenvalue weighted by atomic mass is 9.94. The van der Waals surface area contributed by atoms with Crippen molar-refractivity contribution in [3.63, 3.8) is 0 Å². The van der Waals surface area contributed by atoms with E-state index in [1.165, 1.54) is 18.4 Å². The number of esters is 1. The van der Waals surface area contributed by atoms with Crippen LogP contribution in [-0.4, -0.2) is 35.2 Å². The van der Waals surface area contributed by atoms with Gasteiger partial charge in [-0.2, -0.15) is 0 Å². The highest BCUT2D eigenvalue weighted by molar-refractivity contribution is 5.74. The van der Waals surface area contributed by atoms with E-state index in [9.17, 15) is 9.90 Å². The highest BCUT2D eigenvalue weighted by atomic mass is 16.5. The number of aromatic hydroxyl groups is 1. The molecule has 2 aromatic rings. The number of carbonyl (C=O) groups is 1. The first-order valence-corrected chi connectivity index (χ1v) is 10.5. The van der Waals surface area contributed by atoms with E-state index in [1.54, 1.807) is 0 Å². The predicted octanol–water partition coefficient (Wildman–Crippen LogP) is 4.41. The van der Waals surface area contributed by atoms with Gasteiger partial charge in [-0.05, 0) is 36.3 Å². The van der Waals surface area contributed by atoms with Gasteiger partial charge in [-0.3, -0.25) is 9.69 Å². The number of hydrogen-bond donors (Lipinski definition) is 1. The van der Waals surface area contributed by atoms with Crippen molar-refractivity contribution >= 4 is 5.97 Å². The standard InChI is InChI=1S/C24H29NO3/c26-23(15-20-11-6-12-22(24(20)27)19-9-4-5-10-19)28-21-13-14-25(17-21)16-18-7-2-1-3-8-18/h1-3,6-8,11-12,19,21,27H,4-5,9-10,13-17H2. The van der Waals surface area contributed by atoms with Gasteiger partial charge in [-0.15, -0.1) is 0 Å². The van der Waals surface area contributed by atoms with E-state index in [2.05, 4.69) is 29.2 Å². The van der Waals surface area contributed by atoms with E-state index in [0.717, 1.165) is 44.5 Å². The van der Waals surface area contributed by atoms with Crippen molar-refractivity contribution in [2.45, 2.75) is 57.1 Å². The summed E-state index contributed by atoms with van der Waals surface area (Å²) in [5, 5.41) is 10.6. The van der Waals surface area contributed by atoms with Gasteiger partial charge in [0, 0.05) is 25.2 Å². The van der Waals surface area contributed by atoms with E-state index in [1.807, 2.05) is 24.3 Å². The maximum absolute atomic E-state index is 12.5. The zero-order valence-electron chi connectivity index (χ0n) is 16.3. The fraction of sp³-hybridized carbons (Fsp3) is 0.458. The Morgan fingerprint density at radius 2 is 1.82 bits per heavy atom. The number of phenolic OH excluding ortho intramolecular Hbond substituents is 1. The summed E-state index contributed by atoms with van der Waals surface area (Å²) < 4.78 is 5.71. The molecule has 4 rings (SSSR count). The summed E-state index contributed by atoms with van der Waals surface area (Å²) in [6.45, 7) is 2.60. The van der Waals surface area contributed by atoms with Crippen LogP contribution >= 0.6 is 0 Å². The van der Waals surface area contributed by atoms with Gasteiger partial charge in [0.2, 0.25) is 0 Å². The SMILES string of the molecule is O=C(Cc1cccc(C2CCCC2)c1O)OC1CCN(Cc2ccccc2)C1. The van der Waals surface area contributed by atoms with E-state index in [4.69, 9.17) is 4.74 Å². The lowest BCUT2D eigenvalue weighted by Gasteiger charge is -2.17. The van der Waals surface area contributed by atoms with E-state index in [0.29, 0.717) is 17.2 Å². The van der Waals surface area contributed by atoms with Crippen molar-refractivity contribution in [3.8, 4) is 5.75 Å². The molecule has 2 aromatic carbocycles. The Kier molecular flexibility index (Phi) is 5.96. The molecule has 0 aromatic heterocycles. The van der Waals surface area contributed by atoms with E-state index < -0.39 is 0 Å². The zero-order valence-corrected chi connectivity index (χ0v) is 16.3. The van der Waals surface area contributed by atoms with Gasteiger partial charge < -0.3 is 9.84 Å². The molecule has 1 saturated heterocycles. The third-order valence-corrected chi connectivity index (χ3v) is 6.06. The number of benzene rings is 2. The molecule has 1 unspecified atom stereocenters. The quantitative estimate of drug-likeness (QED) is 0.756.